The number of rotatable bonds is 4. The Morgan fingerprint density at radius 3 is 2.29 bits per heavy atom. The van der Waals surface area contributed by atoms with Gasteiger partial charge in [-0.3, -0.25) is 0 Å². The summed E-state index contributed by atoms with van der Waals surface area (Å²) in [6, 6.07) is 3.83. The normalized spacial score (nSPS) is 10.0. The van der Waals surface area contributed by atoms with Crippen molar-refractivity contribution in [2.75, 3.05) is 20.8 Å². The van der Waals surface area contributed by atoms with Gasteiger partial charge in [0.05, 0.1) is 14.2 Å². The Labute approximate surface area is 84.3 Å². The summed E-state index contributed by atoms with van der Waals surface area (Å²) in [5.74, 6) is 1.57. The van der Waals surface area contributed by atoms with Gasteiger partial charge in [-0.05, 0) is 30.5 Å². The van der Waals surface area contributed by atoms with E-state index in [9.17, 15) is 0 Å². The van der Waals surface area contributed by atoms with Gasteiger partial charge in [0.25, 0.3) is 0 Å². The Kier molecular flexibility index (Phi) is 3.77. The van der Waals surface area contributed by atoms with E-state index >= 15 is 0 Å². The van der Waals surface area contributed by atoms with Crippen molar-refractivity contribution in [1.82, 2.24) is 0 Å². The second kappa shape index (κ2) is 4.86. The smallest absolute Gasteiger partial charge is 0.125 e. The molecule has 0 aliphatic rings. The number of hydrogen-bond acceptors (Lipinski definition) is 3. The van der Waals surface area contributed by atoms with Crippen molar-refractivity contribution in [2.45, 2.75) is 13.3 Å². The van der Waals surface area contributed by atoms with E-state index in [1.807, 2.05) is 19.1 Å². The van der Waals surface area contributed by atoms with Crippen LogP contribution in [0.4, 0.5) is 0 Å². The van der Waals surface area contributed by atoms with Crippen LogP contribution in [0.5, 0.6) is 11.5 Å². The fourth-order valence-corrected chi connectivity index (χ4v) is 1.45. The predicted molar refractivity (Wildman–Crippen MR) is 55.1 cm³/mol. The highest BCUT2D eigenvalue weighted by Crippen LogP contribution is 2.28. The second-order valence-electron chi connectivity index (χ2n) is 3.11. The molecule has 0 amide bonds. The average Bonchev–Trinajstić information content (AvgIpc) is 2.19. The van der Waals surface area contributed by atoms with Crippen LogP contribution in [-0.2, 0) is 6.42 Å². The quantitative estimate of drug-likeness (QED) is 0.794. The van der Waals surface area contributed by atoms with E-state index in [0.717, 1.165) is 22.6 Å². The van der Waals surface area contributed by atoms with Gasteiger partial charge in [-0.15, -0.1) is 0 Å². The third-order valence-electron chi connectivity index (χ3n) is 2.18. The van der Waals surface area contributed by atoms with Crippen molar-refractivity contribution in [3.8, 4) is 11.5 Å². The lowest BCUT2D eigenvalue weighted by Gasteiger charge is -2.11. The van der Waals surface area contributed by atoms with Crippen LogP contribution >= 0.6 is 0 Å². The third-order valence-corrected chi connectivity index (χ3v) is 2.18. The molecule has 0 spiro atoms. The molecule has 0 unspecified atom stereocenters. The molecule has 0 aromatic heterocycles. The molecule has 1 N–H and O–H groups in total. The fourth-order valence-electron chi connectivity index (χ4n) is 1.45. The fraction of sp³-hybridized carbons (Fsp3) is 0.455. The molecule has 0 heterocycles. The second-order valence-corrected chi connectivity index (χ2v) is 3.11. The lowest BCUT2D eigenvalue weighted by atomic mass is 10.1. The molecule has 1 aromatic rings. The molecular formula is C11H16O3. The minimum Gasteiger partial charge on any atom is -0.496 e. The zero-order valence-corrected chi connectivity index (χ0v) is 8.83. The molecule has 0 aliphatic carbocycles. The highest BCUT2D eigenvalue weighted by atomic mass is 16.5. The number of aliphatic hydroxyl groups is 1. The number of methoxy groups -OCH3 is 2. The van der Waals surface area contributed by atoms with E-state index in [-0.39, 0.29) is 6.61 Å². The summed E-state index contributed by atoms with van der Waals surface area (Å²) in [6.07, 6.45) is 0.605. The van der Waals surface area contributed by atoms with Gasteiger partial charge in [0.1, 0.15) is 11.5 Å². The molecule has 0 bridgehead atoms. The zero-order valence-electron chi connectivity index (χ0n) is 8.83. The van der Waals surface area contributed by atoms with Gasteiger partial charge in [0, 0.05) is 12.7 Å². The largest absolute Gasteiger partial charge is 0.496 e. The van der Waals surface area contributed by atoms with E-state index < -0.39 is 0 Å². The van der Waals surface area contributed by atoms with E-state index in [1.54, 1.807) is 14.2 Å². The van der Waals surface area contributed by atoms with Crippen LogP contribution in [0.15, 0.2) is 12.1 Å². The Bertz CT molecular complexity index is 308. The number of aryl methyl sites for hydroxylation is 1. The van der Waals surface area contributed by atoms with Crippen LogP contribution in [0, 0.1) is 6.92 Å². The van der Waals surface area contributed by atoms with Gasteiger partial charge in [-0.25, -0.2) is 0 Å². The summed E-state index contributed by atoms with van der Waals surface area (Å²) in [5, 5.41) is 8.87. The topological polar surface area (TPSA) is 38.7 Å². The highest BCUT2D eigenvalue weighted by Gasteiger charge is 2.07. The lowest BCUT2D eigenvalue weighted by molar-refractivity contribution is 0.296. The van der Waals surface area contributed by atoms with Crippen LogP contribution in [0.2, 0.25) is 0 Å². The first-order valence-electron chi connectivity index (χ1n) is 4.55. The minimum atomic E-state index is 0.127. The van der Waals surface area contributed by atoms with E-state index in [4.69, 9.17) is 14.6 Å². The molecule has 0 atom stereocenters. The summed E-state index contributed by atoms with van der Waals surface area (Å²) in [7, 11) is 3.25. The van der Waals surface area contributed by atoms with Gasteiger partial charge >= 0.3 is 0 Å². The average molecular weight is 196 g/mol. The number of hydrogen-bond donors (Lipinski definition) is 1. The molecule has 0 saturated carbocycles. The molecule has 1 aromatic carbocycles. The van der Waals surface area contributed by atoms with Crippen LogP contribution in [0.3, 0.4) is 0 Å². The van der Waals surface area contributed by atoms with Crippen molar-refractivity contribution in [3.63, 3.8) is 0 Å². The molecular weight excluding hydrogens is 180 g/mol. The number of ether oxygens (including phenoxy) is 2. The molecule has 0 fully saturated rings. The predicted octanol–water partition coefficient (Wildman–Crippen LogP) is 1.55. The van der Waals surface area contributed by atoms with Gasteiger partial charge < -0.3 is 14.6 Å². The van der Waals surface area contributed by atoms with Gasteiger partial charge in [-0.2, -0.15) is 0 Å². The van der Waals surface area contributed by atoms with Crippen molar-refractivity contribution >= 4 is 0 Å². The van der Waals surface area contributed by atoms with Crippen molar-refractivity contribution in [2.24, 2.45) is 0 Å². The van der Waals surface area contributed by atoms with E-state index in [2.05, 4.69) is 0 Å². The van der Waals surface area contributed by atoms with Gasteiger partial charge in [0.2, 0.25) is 0 Å². The molecule has 78 valence electrons. The van der Waals surface area contributed by atoms with Gasteiger partial charge in [-0.1, -0.05) is 0 Å². The summed E-state index contributed by atoms with van der Waals surface area (Å²) >= 11 is 0. The Balaban J connectivity index is 3.10. The maximum absolute atomic E-state index is 8.87. The maximum atomic E-state index is 8.87. The summed E-state index contributed by atoms with van der Waals surface area (Å²) in [4.78, 5) is 0. The SMILES string of the molecule is COc1cc(OC)c(CCO)cc1C. The minimum absolute atomic E-state index is 0.127. The maximum Gasteiger partial charge on any atom is 0.125 e. The van der Waals surface area contributed by atoms with Crippen LogP contribution in [-0.4, -0.2) is 25.9 Å². The van der Waals surface area contributed by atoms with E-state index in [1.165, 1.54) is 0 Å². The first kappa shape index (κ1) is 10.9. The Hall–Kier alpha value is -1.22. The first-order valence-corrected chi connectivity index (χ1v) is 4.55. The Morgan fingerprint density at radius 1 is 1.14 bits per heavy atom. The molecule has 14 heavy (non-hydrogen) atoms. The standard InChI is InChI=1S/C11H16O3/c1-8-6-9(4-5-12)11(14-3)7-10(8)13-2/h6-7,12H,4-5H2,1-3H3. The monoisotopic (exact) mass is 196 g/mol. The molecule has 0 aliphatic heterocycles. The Morgan fingerprint density at radius 2 is 1.79 bits per heavy atom. The summed E-state index contributed by atoms with van der Waals surface area (Å²) < 4.78 is 10.4. The highest BCUT2D eigenvalue weighted by molar-refractivity contribution is 5.46. The third kappa shape index (κ3) is 2.17. The van der Waals surface area contributed by atoms with E-state index in [0.29, 0.717) is 6.42 Å². The number of aliphatic hydroxyl groups excluding tert-OH is 1. The molecule has 1 rings (SSSR count). The molecule has 3 heteroatoms. The van der Waals surface area contributed by atoms with Gasteiger partial charge in [0.15, 0.2) is 0 Å². The zero-order chi connectivity index (χ0) is 10.6. The summed E-state index contributed by atoms with van der Waals surface area (Å²) in [6.45, 7) is 2.10. The van der Waals surface area contributed by atoms with Crippen LogP contribution in [0.25, 0.3) is 0 Å². The lowest BCUT2D eigenvalue weighted by Crippen LogP contribution is -1.98. The van der Waals surface area contributed by atoms with Crippen LogP contribution < -0.4 is 9.47 Å². The molecule has 0 radical (unpaired) electrons. The summed E-state index contributed by atoms with van der Waals surface area (Å²) in [5.41, 5.74) is 2.06. The van der Waals surface area contributed by atoms with Crippen LogP contribution in [0.1, 0.15) is 11.1 Å². The first-order chi connectivity index (χ1) is 6.72. The molecule has 3 nitrogen and oxygen atoms in total. The van der Waals surface area contributed by atoms with Crippen molar-refractivity contribution in [1.29, 1.82) is 0 Å². The molecule has 0 saturated heterocycles. The van der Waals surface area contributed by atoms with Crippen molar-refractivity contribution < 1.29 is 14.6 Å². The number of benzene rings is 1. The van der Waals surface area contributed by atoms with Crippen molar-refractivity contribution in [3.05, 3.63) is 23.3 Å².